The summed E-state index contributed by atoms with van der Waals surface area (Å²) in [5, 5.41) is 10.6. The summed E-state index contributed by atoms with van der Waals surface area (Å²) >= 11 is 0. The molecular weight excluding hydrogens is 320 g/mol. The molecule has 4 bridgehead atoms. The fourth-order valence-electron chi connectivity index (χ4n) is 3.78. The van der Waals surface area contributed by atoms with Gasteiger partial charge in [0.05, 0.1) is 11.8 Å². The van der Waals surface area contributed by atoms with Gasteiger partial charge in [0.2, 0.25) is 5.91 Å². The first-order valence-electron chi connectivity index (χ1n) is 8.71. The van der Waals surface area contributed by atoms with E-state index in [0.29, 0.717) is 23.4 Å². The highest BCUT2D eigenvalue weighted by molar-refractivity contribution is 6.01. The number of carbonyl (C=O) groups is 2. The molecule has 2 N–H and O–H groups in total. The van der Waals surface area contributed by atoms with E-state index >= 15 is 0 Å². The number of anilines is 2. The normalized spacial score (nSPS) is 24.0. The number of hydrogen-bond acceptors (Lipinski definition) is 6. The van der Waals surface area contributed by atoms with E-state index in [4.69, 9.17) is 0 Å². The third-order valence-corrected chi connectivity index (χ3v) is 5.24. The molecule has 0 aliphatic carbocycles. The molecule has 1 amide bonds. The molecule has 2 aromatic rings. The topological polar surface area (TPSA) is 91.6 Å². The first-order chi connectivity index (χ1) is 12.1. The molecule has 2 aromatic heterocycles. The Balaban J connectivity index is 1.81. The number of aromatic nitrogens is 3. The smallest absolute Gasteiger partial charge is 0.245 e. The summed E-state index contributed by atoms with van der Waals surface area (Å²) in [6, 6.07) is 1.75. The Labute approximate surface area is 145 Å². The number of amides is 1. The van der Waals surface area contributed by atoms with Crippen LogP contribution < -0.4 is 10.6 Å². The van der Waals surface area contributed by atoms with E-state index in [2.05, 4.69) is 20.7 Å². The number of rotatable bonds is 1. The molecule has 0 spiro atoms. The lowest BCUT2D eigenvalue weighted by atomic mass is 10.0. The standard InChI is InChI=1S/C17H22N6O2/c1-18-15-8-14-20-12-7-10(22(2)17(12)25)5-3-4-6-13(24)11-9-19-23(15)16(11)21-14/h8-10,12,18H,3-7H2,1-2H3,(H,20,21). The maximum atomic E-state index is 12.6. The Kier molecular flexibility index (Phi) is 3.82. The van der Waals surface area contributed by atoms with Crippen molar-refractivity contribution < 1.29 is 9.59 Å². The molecule has 2 aliphatic rings. The summed E-state index contributed by atoms with van der Waals surface area (Å²) in [6.07, 6.45) is 5.48. The quantitative estimate of drug-likeness (QED) is 0.817. The SMILES string of the molecule is CNc1cc2nc3c(cnn13)C(=O)CCCCC1CC(N2)C(=O)N1C. The number of Topliss-reactive ketones (excluding diaryl/α,β-unsaturated/α-hetero) is 1. The summed E-state index contributed by atoms with van der Waals surface area (Å²) in [7, 11) is 3.65. The van der Waals surface area contributed by atoms with Crippen LogP contribution in [0.4, 0.5) is 11.6 Å². The zero-order valence-corrected chi connectivity index (χ0v) is 14.5. The molecule has 0 aromatic carbocycles. The molecule has 2 atom stereocenters. The number of hydrogen-bond donors (Lipinski definition) is 2. The predicted molar refractivity (Wildman–Crippen MR) is 93.9 cm³/mol. The van der Waals surface area contributed by atoms with E-state index in [9.17, 15) is 9.59 Å². The lowest BCUT2D eigenvalue weighted by Crippen LogP contribution is -2.33. The highest BCUT2D eigenvalue weighted by Crippen LogP contribution is 2.27. The monoisotopic (exact) mass is 342 g/mol. The lowest BCUT2D eigenvalue weighted by Gasteiger charge is -2.19. The first kappa shape index (κ1) is 15.9. The maximum absolute atomic E-state index is 12.6. The van der Waals surface area contributed by atoms with Gasteiger partial charge >= 0.3 is 0 Å². The van der Waals surface area contributed by atoms with Crippen molar-refractivity contribution in [1.29, 1.82) is 0 Å². The minimum atomic E-state index is -0.280. The zero-order chi connectivity index (χ0) is 17.6. The van der Waals surface area contributed by atoms with Crippen LogP contribution in [0.1, 0.15) is 42.5 Å². The molecular formula is C17H22N6O2. The zero-order valence-electron chi connectivity index (χ0n) is 14.5. The minimum absolute atomic E-state index is 0.0653. The third-order valence-electron chi connectivity index (χ3n) is 5.24. The molecule has 0 saturated carbocycles. The number of fused-ring (bicyclic) bond motifs is 3. The average molecular weight is 342 g/mol. The van der Waals surface area contributed by atoms with E-state index in [0.717, 1.165) is 31.5 Å². The van der Waals surface area contributed by atoms with Crippen LogP contribution in [-0.4, -0.2) is 57.4 Å². The summed E-state index contributed by atoms with van der Waals surface area (Å²) in [6.45, 7) is 0. The van der Waals surface area contributed by atoms with Gasteiger partial charge in [-0.25, -0.2) is 4.98 Å². The highest BCUT2D eigenvalue weighted by Gasteiger charge is 2.37. The second kappa shape index (κ2) is 6.02. The van der Waals surface area contributed by atoms with Crippen molar-refractivity contribution >= 4 is 29.0 Å². The van der Waals surface area contributed by atoms with E-state index in [1.807, 2.05) is 18.0 Å². The number of nitrogens with zero attached hydrogens (tertiary/aromatic N) is 4. The third kappa shape index (κ3) is 2.61. The summed E-state index contributed by atoms with van der Waals surface area (Å²) in [5.41, 5.74) is 1.06. The maximum Gasteiger partial charge on any atom is 0.245 e. The van der Waals surface area contributed by atoms with Crippen molar-refractivity contribution in [3.8, 4) is 0 Å². The molecule has 8 nitrogen and oxygen atoms in total. The van der Waals surface area contributed by atoms with Crippen LogP contribution in [0.15, 0.2) is 12.3 Å². The van der Waals surface area contributed by atoms with Gasteiger partial charge in [-0.05, 0) is 19.3 Å². The van der Waals surface area contributed by atoms with Crippen molar-refractivity contribution in [3.05, 3.63) is 17.8 Å². The molecule has 1 saturated heterocycles. The van der Waals surface area contributed by atoms with Gasteiger partial charge in [0.1, 0.15) is 17.7 Å². The average Bonchev–Trinajstić information content (AvgIpc) is 3.14. The second-order valence-corrected chi connectivity index (χ2v) is 6.77. The Morgan fingerprint density at radius 2 is 2.16 bits per heavy atom. The van der Waals surface area contributed by atoms with Crippen LogP contribution in [0.3, 0.4) is 0 Å². The number of likely N-dealkylation sites (tertiary alicyclic amines) is 1. The van der Waals surface area contributed by atoms with Gasteiger partial charge in [-0.15, -0.1) is 0 Å². The van der Waals surface area contributed by atoms with Crippen molar-refractivity contribution in [3.63, 3.8) is 0 Å². The Morgan fingerprint density at radius 1 is 1.32 bits per heavy atom. The van der Waals surface area contributed by atoms with E-state index in [1.54, 1.807) is 17.8 Å². The number of carbonyl (C=O) groups excluding carboxylic acids is 2. The van der Waals surface area contributed by atoms with Crippen LogP contribution in [0, 0.1) is 0 Å². The fraction of sp³-hybridized carbons (Fsp3) is 0.529. The van der Waals surface area contributed by atoms with Gasteiger partial charge in [-0.2, -0.15) is 9.61 Å². The first-order valence-corrected chi connectivity index (χ1v) is 8.71. The van der Waals surface area contributed by atoms with Crippen molar-refractivity contribution in [2.75, 3.05) is 24.7 Å². The van der Waals surface area contributed by atoms with Gasteiger partial charge in [0, 0.05) is 32.6 Å². The van der Waals surface area contributed by atoms with Gasteiger partial charge in [-0.1, -0.05) is 6.42 Å². The Hall–Kier alpha value is -2.64. The molecule has 2 unspecified atom stereocenters. The van der Waals surface area contributed by atoms with Crippen LogP contribution in [-0.2, 0) is 4.79 Å². The lowest BCUT2D eigenvalue weighted by molar-refractivity contribution is -0.128. The summed E-state index contributed by atoms with van der Waals surface area (Å²) in [4.78, 5) is 31.5. The summed E-state index contributed by atoms with van der Waals surface area (Å²) < 4.78 is 1.63. The Morgan fingerprint density at radius 3 is 2.96 bits per heavy atom. The second-order valence-electron chi connectivity index (χ2n) is 6.77. The number of nitrogens with one attached hydrogen (secondary N) is 2. The van der Waals surface area contributed by atoms with Gasteiger partial charge in [0.15, 0.2) is 11.4 Å². The van der Waals surface area contributed by atoms with Crippen molar-refractivity contribution in [1.82, 2.24) is 19.5 Å². The summed E-state index contributed by atoms with van der Waals surface area (Å²) in [5.74, 6) is 1.46. The molecule has 132 valence electrons. The van der Waals surface area contributed by atoms with Crippen LogP contribution in [0.5, 0.6) is 0 Å². The number of ketones is 1. The largest absolute Gasteiger partial charge is 0.373 e. The van der Waals surface area contributed by atoms with Crippen LogP contribution in [0.2, 0.25) is 0 Å². The van der Waals surface area contributed by atoms with E-state index in [-0.39, 0.29) is 23.8 Å². The minimum Gasteiger partial charge on any atom is -0.373 e. The molecule has 4 rings (SSSR count). The molecule has 8 heteroatoms. The van der Waals surface area contributed by atoms with Crippen molar-refractivity contribution in [2.45, 2.75) is 44.2 Å². The van der Waals surface area contributed by atoms with Gasteiger partial charge in [-0.3, -0.25) is 9.59 Å². The Bertz CT molecular complexity index is 845. The van der Waals surface area contributed by atoms with Crippen LogP contribution >= 0.6 is 0 Å². The van der Waals surface area contributed by atoms with E-state index < -0.39 is 0 Å². The predicted octanol–water partition coefficient (Wildman–Crippen LogP) is 1.54. The molecule has 0 radical (unpaired) electrons. The van der Waals surface area contributed by atoms with Gasteiger partial charge in [0.25, 0.3) is 0 Å². The fourth-order valence-corrected chi connectivity index (χ4v) is 3.78. The van der Waals surface area contributed by atoms with Gasteiger partial charge < -0.3 is 15.5 Å². The molecule has 4 heterocycles. The molecule has 1 fully saturated rings. The van der Waals surface area contributed by atoms with Crippen LogP contribution in [0.25, 0.3) is 5.65 Å². The van der Waals surface area contributed by atoms with Crippen molar-refractivity contribution in [2.24, 2.45) is 0 Å². The number of likely N-dealkylation sites (N-methyl/N-ethyl adjacent to an activating group) is 1. The molecule has 25 heavy (non-hydrogen) atoms. The van der Waals surface area contributed by atoms with E-state index in [1.165, 1.54) is 0 Å². The highest BCUT2D eigenvalue weighted by atomic mass is 16.2. The molecule has 2 aliphatic heterocycles.